The Labute approximate surface area is 144 Å². The van der Waals surface area contributed by atoms with Crippen LogP contribution in [0.3, 0.4) is 0 Å². The van der Waals surface area contributed by atoms with Gasteiger partial charge >= 0.3 is 0 Å². The van der Waals surface area contributed by atoms with Crippen molar-refractivity contribution in [3.8, 4) is 0 Å². The van der Waals surface area contributed by atoms with Crippen LogP contribution in [0.5, 0.6) is 0 Å². The smallest absolute Gasteiger partial charge is 0.256 e. The second-order valence-corrected chi connectivity index (χ2v) is 6.82. The van der Waals surface area contributed by atoms with Gasteiger partial charge in [-0.1, -0.05) is 22.9 Å². The lowest BCUT2D eigenvalue weighted by molar-refractivity contribution is 0.0696. The second kappa shape index (κ2) is 7.08. The van der Waals surface area contributed by atoms with Gasteiger partial charge in [0.15, 0.2) is 0 Å². The van der Waals surface area contributed by atoms with Crippen LogP contribution < -0.4 is 5.32 Å². The third kappa shape index (κ3) is 4.07. The van der Waals surface area contributed by atoms with Gasteiger partial charge in [-0.25, -0.2) is 9.97 Å². The minimum absolute atomic E-state index is 0.0205. The van der Waals surface area contributed by atoms with E-state index in [1.54, 1.807) is 12.4 Å². The monoisotopic (exact) mass is 374 g/mol. The van der Waals surface area contributed by atoms with E-state index in [9.17, 15) is 4.79 Å². The number of benzene rings is 1. The third-order valence-corrected chi connectivity index (χ3v) is 4.60. The first-order valence-electron chi connectivity index (χ1n) is 7.76. The number of carbonyl (C=O) groups is 1. The van der Waals surface area contributed by atoms with Crippen LogP contribution in [-0.4, -0.2) is 33.9 Å². The van der Waals surface area contributed by atoms with Gasteiger partial charge < -0.3 is 10.2 Å². The predicted molar refractivity (Wildman–Crippen MR) is 93.8 cm³/mol. The molecule has 0 bridgehead atoms. The number of carbonyl (C=O) groups excluding carboxylic acids is 1. The van der Waals surface area contributed by atoms with Crippen LogP contribution in [0.2, 0.25) is 0 Å². The molecular weight excluding hydrogens is 356 g/mol. The average molecular weight is 375 g/mol. The summed E-state index contributed by atoms with van der Waals surface area (Å²) in [5.74, 6) is 1.20. The van der Waals surface area contributed by atoms with Crippen LogP contribution in [0.25, 0.3) is 0 Å². The lowest BCUT2D eigenvalue weighted by Crippen LogP contribution is -2.38. The maximum absolute atomic E-state index is 12.4. The molecule has 120 valence electrons. The summed E-state index contributed by atoms with van der Waals surface area (Å²) < 4.78 is 1.01. The molecule has 5 nitrogen and oxygen atoms in total. The molecule has 0 aliphatic carbocycles. The summed E-state index contributed by atoms with van der Waals surface area (Å²) in [6.07, 6.45) is 5.31. The number of hydrogen-bond acceptors (Lipinski definition) is 4. The fraction of sp³-hybridized carbons (Fsp3) is 0.353. The number of aromatic nitrogens is 2. The quantitative estimate of drug-likeness (QED) is 0.885. The van der Waals surface area contributed by atoms with Gasteiger partial charge in [-0.3, -0.25) is 4.79 Å². The second-order valence-electron chi connectivity index (χ2n) is 5.90. The highest BCUT2D eigenvalue weighted by atomic mass is 79.9. The van der Waals surface area contributed by atoms with E-state index in [1.807, 2.05) is 29.2 Å². The molecule has 0 radical (unpaired) electrons. The maximum atomic E-state index is 12.4. The molecule has 1 aromatic carbocycles. The molecule has 0 atom stereocenters. The van der Waals surface area contributed by atoms with E-state index in [-0.39, 0.29) is 5.91 Å². The molecule has 1 aliphatic heterocycles. The number of likely N-dealkylation sites (tertiary alicyclic amines) is 1. The minimum atomic E-state index is 0.0205. The standard InChI is InChI=1S/C17H19BrN4O/c1-12-6-8-22(9-7-12)16(23)13-10-19-17(20-11-13)21-15-4-2-14(18)3-5-15/h2-5,10-12H,6-9H2,1H3,(H,19,20,21). The van der Waals surface area contributed by atoms with Crippen LogP contribution in [-0.2, 0) is 0 Å². The number of hydrogen-bond donors (Lipinski definition) is 1. The van der Waals surface area contributed by atoms with Crippen LogP contribution in [0, 0.1) is 5.92 Å². The predicted octanol–water partition coefficient (Wildman–Crippen LogP) is 3.85. The Morgan fingerprint density at radius 3 is 2.39 bits per heavy atom. The number of nitrogens with one attached hydrogen (secondary N) is 1. The summed E-state index contributed by atoms with van der Waals surface area (Å²) >= 11 is 3.40. The van der Waals surface area contributed by atoms with Gasteiger partial charge in [-0.05, 0) is 43.0 Å². The van der Waals surface area contributed by atoms with Crippen molar-refractivity contribution in [2.75, 3.05) is 18.4 Å². The van der Waals surface area contributed by atoms with Gasteiger partial charge in [0.2, 0.25) is 5.95 Å². The highest BCUT2D eigenvalue weighted by Gasteiger charge is 2.21. The molecule has 6 heteroatoms. The molecule has 1 aliphatic rings. The van der Waals surface area contributed by atoms with E-state index in [4.69, 9.17) is 0 Å². The molecule has 3 rings (SSSR count). The fourth-order valence-corrected chi connectivity index (χ4v) is 2.82. The molecule has 0 saturated carbocycles. The zero-order valence-corrected chi connectivity index (χ0v) is 14.6. The molecule has 1 N–H and O–H groups in total. The van der Waals surface area contributed by atoms with Gasteiger partial charge in [0.25, 0.3) is 5.91 Å². The summed E-state index contributed by atoms with van der Waals surface area (Å²) in [6.45, 7) is 3.87. The first-order chi connectivity index (χ1) is 11.1. The molecular formula is C17H19BrN4O. The molecule has 23 heavy (non-hydrogen) atoms. The third-order valence-electron chi connectivity index (χ3n) is 4.07. The summed E-state index contributed by atoms with van der Waals surface area (Å²) in [4.78, 5) is 22.8. The van der Waals surface area contributed by atoms with E-state index in [2.05, 4.69) is 38.1 Å². The zero-order chi connectivity index (χ0) is 16.2. The van der Waals surface area contributed by atoms with Crippen molar-refractivity contribution in [1.82, 2.24) is 14.9 Å². The van der Waals surface area contributed by atoms with Crippen LogP contribution in [0.15, 0.2) is 41.1 Å². The van der Waals surface area contributed by atoms with Crippen LogP contribution in [0.4, 0.5) is 11.6 Å². The molecule has 1 saturated heterocycles. The number of nitrogens with zero attached hydrogens (tertiary/aromatic N) is 3. The Hall–Kier alpha value is -1.95. The fourth-order valence-electron chi connectivity index (χ4n) is 2.56. The number of halogens is 1. The van der Waals surface area contributed by atoms with Crippen molar-refractivity contribution in [2.24, 2.45) is 5.92 Å². The number of piperidine rings is 1. The van der Waals surface area contributed by atoms with Gasteiger partial charge in [0.05, 0.1) is 5.56 Å². The maximum Gasteiger partial charge on any atom is 0.256 e. The van der Waals surface area contributed by atoms with E-state index in [0.717, 1.165) is 36.1 Å². The molecule has 0 unspecified atom stereocenters. The highest BCUT2D eigenvalue weighted by molar-refractivity contribution is 9.10. The first kappa shape index (κ1) is 15.9. The Kier molecular flexibility index (Phi) is 4.91. The van der Waals surface area contributed by atoms with E-state index in [1.165, 1.54) is 0 Å². The largest absolute Gasteiger partial charge is 0.339 e. The number of rotatable bonds is 3. The Morgan fingerprint density at radius 2 is 1.78 bits per heavy atom. The van der Waals surface area contributed by atoms with E-state index < -0.39 is 0 Å². The normalized spacial score (nSPS) is 15.5. The van der Waals surface area contributed by atoms with Crippen molar-refractivity contribution in [1.29, 1.82) is 0 Å². The lowest BCUT2D eigenvalue weighted by Gasteiger charge is -2.30. The van der Waals surface area contributed by atoms with Gasteiger partial charge in [0, 0.05) is 35.6 Å². The van der Waals surface area contributed by atoms with Gasteiger partial charge in [-0.15, -0.1) is 0 Å². The van der Waals surface area contributed by atoms with Gasteiger partial charge in [-0.2, -0.15) is 0 Å². The number of anilines is 2. The SMILES string of the molecule is CC1CCN(C(=O)c2cnc(Nc3ccc(Br)cc3)nc2)CC1. The molecule has 2 heterocycles. The summed E-state index contributed by atoms with van der Waals surface area (Å²) in [5, 5.41) is 3.11. The van der Waals surface area contributed by atoms with Gasteiger partial charge in [0.1, 0.15) is 0 Å². The van der Waals surface area contributed by atoms with E-state index >= 15 is 0 Å². The van der Waals surface area contributed by atoms with Crippen LogP contribution >= 0.6 is 15.9 Å². The molecule has 2 aromatic rings. The summed E-state index contributed by atoms with van der Waals surface area (Å²) in [5.41, 5.74) is 1.44. The van der Waals surface area contributed by atoms with Crippen molar-refractivity contribution in [3.05, 3.63) is 46.7 Å². The molecule has 1 fully saturated rings. The first-order valence-corrected chi connectivity index (χ1v) is 8.55. The van der Waals surface area contributed by atoms with Crippen molar-refractivity contribution >= 4 is 33.5 Å². The van der Waals surface area contributed by atoms with Crippen molar-refractivity contribution in [2.45, 2.75) is 19.8 Å². The minimum Gasteiger partial charge on any atom is -0.339 e. The summed E-state index contributed by atoms with van der Waals surface area (Å²) in [6, 6.07) is 7.75. The highest BCUT2D eigenvalue weighted by Crippen LogP contribution is 2.19. The van der Waals surface area contributed by atoms with Crippen molar-refractivity contribution in [3.63, 3.8) is 0 Å². The zero-order valence-electron chi connectivity index (χ0n) is 13.0. The van der Waals surface area contributed by atoms with E-state index in [0.29, 0.717) is 17.4 Å². The van der Waals surface area contributed by atoms with Crippen molar-refractivity contribution < 1.29 is 4.79 Å². The molecule has 1 aromatic heterocycles. The Bertz CT molecular complexity index is 664. The topological polar surface area (TPSA) is 58.1 Å². The average Bonchev–Trinajstić information content (AvgIpc) is 2.58. The lowest BCUT2D eigenvalue weighted by atomic mass is 9.99. The number of amides is 1. The molecule has 0 spiro atoms. The Balaban J connectivity index is 1.64. The Morgan fingerprint density at radius 1 is 1.17 bits per heavy atom. The van der Waals surface area contributed by atoms with Crippen LogP contribution in [0.1, 0.15) is 30.1 Å². The summed E-state index contributed by atoms with van der Waals surface area (Å²) in [7, 11) is 0. The molecule has 1 amide bonds.